The number of aromatic nitrogens is 1. The maximum atomic E-state index is 13.0. The standard InChI is InChI=1S/C25H25NO6/c1-17-14-21(24(29)18-9-11-20(30-2)12-10-18)26(15-17)13-5-7-19-6-4-8-22(25(19)31-3)32-16-23(27)28/h4-12,14-15H,13,16H2,1-3H3,(H,27,28)/p-1/b7-5+. The predicted molar refractivity (Wildman–Crippen MR) is 118 cm³/mol. The van der Waals surface area contributed by atoms with E-state index in [0.717, 1.165) is 11.1 Å². The molecular weight excluding hydrogens is 410 g/mol. The molecule has 0 aliphatic heterocycles. The van der Waals surface area contributed by atoms with Crippen molar-refractivity contribution in [2.75, 3.05) is 20.8 Å². The molecule has 7 nitrogen and oxygen atoms in total. The van der Waals surface area contributed by atoms with Gasteiger partial charge < -0.3 is 28.7 Å². The molecule has 1 aromatic heterocycles. The molecule has 0 aliphatic rings. The van der Waals surface area contributed by atoms with Crippen LogP contribution in [0.4, 0.5) is 0 Å². The lowest BCUT2D eigenvalue weighted by molar-refractivity contribution is -0.307. The Hall–Kier alpha value is -4.00. The zero-order valence-electron chi connectivity index (χ0n) is 18.2. The molecule has 0 fully saturated rings. The normalized spacial score (nSPS) is 10.8. The molecule has 7 heteroatoms. The number of ketones is 1. The first-order valence-corrected chi connectivity index (χ1v) is 9.94. The number of carboxylic acids is 1. The molecule has 0 N–H and O–H groups in total. The molecule has 0 amide bonds. The van der Waals surface area contributed by atoms with Crippen LogP contribution >= 0.6 is 0 Å². The summed E-state index contributed by atoms with van der Waals surface area (Å²) in [6.07, 6.45) is 5.64. The molecule has 32 heavy (non-hydrogen) atoms. The van der Waals surface area contributed by atoms with E-state index in [1.165, 1.54) is 7.11 Å². The van der Waals surface area contributed by atoms with Crippen molar-refractivity contribution in [2.24, 2.45) is 0 Å². The fourth-order valence-electron chi connectivity index (χ4n) is 3.31. The van der Waals surface area contributed by atoms with Gasteiger partial charge >= 0.3 is 0 Å². The smallest absolute Gasteiger partial charge is 0.209 e. The summed E-state index contributed by atoms with van der Waals surface area (Å²) in [5.74, 6) is 0.0273. The van der Waals surface area contributed by atoms with Crippen LogP contribution in [0.2, 0.25) is 0 Å². The van der Waals surface area contributed by atoms with E-state index in [1.807, 2.05) is 42.0 Å². The minimum absolute atomic E-state index is 0.0792. The average molecular weight is 434 g/mol. The molecule has 0 bridgehead atoms. The molecule has 0 spiro atoms. The van der Waals surface area contributed by atoms with Crippen LogP contribution in [-0.4, -0.2) is 37.1 Å². The second-order valence-corrected chi connectivity index (χ2v) is 7.05. The number of hydrogen-bond donors (Lipinski definition) is 0. The number of ether oxygens (including phenoxy) is 3. The maximum Gasteiger partial charge on any atom is 0.209 e. The van der Waals surface area contributed by atoms with E-state index >= 15 is 0 Å². The van der Waals surface area contributed by atoms with Gasteiger partial charge in [0.1, 0.15) is 12.4 Å². The molecule has 0 atom stereocenters. The number of rotatable bonds is 10. The molecule has 0 radical (unpaired) electrons. The Morgan fingerprint density at radius 2 is 1.81 bits per heavy atom. The Morgan fingerprint density at radius 3 is 2.47 bits per heavy atom. The van der Waals surface area contributed by atoms with Gasteiger partial charge in [-0.25, -0.2) is 0 Å². The molecule has 3 rings (SSSR count). The summed E-state index contributed by atoms with van der Waals surface area (Å²) in [6, 6.07) is 14.1. The van der Waals surface area contributed by atoms with Gasteiger partial charge in [-0.15, -0.1) is 0 Å². The van der Waals surface area contributed by atoms with Gasteiger partial charge in [0.05, 0.1) is 25.9 Å². The summed E-state index contributed by atoms with van der Waals surface area (Å²) < 4.78 is 17.7. The Labute approximate surface area is 186 Å². The van der Waals surface area contributed by atoms with E-state index in [9.17, 15) is 14.7 Å². The molecular formula is C25H24NO6-. The second-order valence-electron chi connectivity index (χ2n) is 7.05. The van der Waals surface area contributed by atoms with Crippen LogP contribution in [0.25, 0.3) is 6.08 Å². The van der Waals surface area contributed by atoms with Gasteiger partial charge in [0.15, 0.2) is 11.5 Å². The number of aliphatic carboxylic acids is 1. The van der Waals surface area contributed by atoms with Crippen molar-refractivity contribution in [3.63, 3.8) is 0 Å². The minimum atomic E-state index is -1.31. The lowest BCUT2D eigenvalue weighted by Gasteiger charge is -2.13. The second kappa shape index (κ2) is 10.3. The number of nitrogens with zero attached hydrogens (tertiary/aromatic N) is 1. The first kappa shape index (κ1) is 22.7. The van der Waals surface area contributed by atoms with E-state index < -0.39 is 12.6 Å². The Kier molecular flexibility index (Phi) is 7.33. The first-order valence-electron chi connectivity index (χ1n) is 9.94. The zero-order valence-corrected chi connectivity index (χ0v) is 18.2. The SMILES string of the molecule is COc1ccc(C(=O)c2cc(C)cn2C/C=C/c2cccc(OCC(=O)[O-])c2OC)cc1. The van der Waals surface area contributed by atoms with Crippen molar-refractivity contribution in [1.29, 1.82) is 0 Å². The number of allylic oxidation sites excluding steroid dienone is 1. The summed E-state index contributed by atoms with van der Waals surface area (Å²) in [5, 5.41) is 10.7. The topological polar surface area (TPSA) is 89.8 Å². The highest BCUT2D eigenvalue weighted by Gasteiger charge is 2.15. The molecule has 0 unspecified atom stereocenters. The molecule has 2 aromatic carbocycles. The molecule has 0 saturated heterocycles. The van der Waals surface area contributed by atoms with Crippen molar-refractivity contribution in [3.8, 4) is 17.2 Å². The Bertz CT molecular complexity index is 1130. The van der Waals surface area contributed by atoms with Crippen LogP contribution in [0.3, 0.4) is 0 Å². The highest BCUT2D eigenvalue weighted by atomic mass is 16.5. The average Bonchev–Trinajstić information content (AvgIpc) is 3.17. The zero-order chi connectivity index (χ0) is 23.1. The minimum Gasteiger partial charge on any atom is -0.546 e. The highest BCUT2D eigenvalue weighted by Crippen LogP contribution is 2.32. The van der Waals surface area contributed by atoms with Crippen LogP contribution in [-0.2, 0) is 11.3 Å². The van der Waals surface area contributed by atoms with Crippen LogP contribution in [0.15, 0.2) is 60.8 Å². The highest BCUT2D eigenvalue weighted by molar-refractivity contribution is 6.08. The third-order valence-corrected chi connectivity index (χ3v) is 4.78. The van der Waals surface area contributed by atoms with E-state index in [0.29, 0.717) is 35.1 Å². The van der Waals surface area contributed by atoms with Gasteiger partial charge in [0.25, 0.3) is 0 Å². The van der Waals surface area contributed by atoms with Crippen molar-refractivity contribution in [3.05, 3.63) is 83.2 Å². The van der Waals surface area contributed by atoms with E-state index in [1.54, 1.807) is 43.5 Å². The lowest BCUT2D eigenvalue weighted by Crippen LogP contribution is -2.29. The quantitative estimate of drug-likeness (QED) is 0.456. The molecule has 3 aromatic rings. The fraction of sp³-hybridized carbons (Fsp3) is 0.200. The summed E-state index contributed by atoms with van der Waals surface area (Å²) in [4.78, 5) is 23.7. The van der Waals surface area contributed by atoms with Crippen molar-refractivity contribution in [1.82, 2.24) is 4.57 Å². The number of aryl methyl sites for hydroxylation is 1. The van der Waals surface area contributed by atoms with E-state index in [4.69, 9.17) is 14.2 Å². The van der Waals surface area contributed by atoms with Crippen LogP contribution in [0, 0.1) is 6.92 Å². The number of carbonyl (C=O) groups excluding carboxylic acids is 2. The Morgan fingerprint density at radius 1 is 1.06 bits per heavy atom. The largest absolute Gasteiger partial charge is 0.546 e. The maximum absolute atomic E-state index is 13.0. The monoisotopic (exact) mass is 434 g/mol. The van der Waals surface area contributed by atoms with Crippen molar-refractivity contribution >= 4 is 17.8 Å². The first-order chi connectivity index (χ1) is 15.4. The number of carbonyl (C=O) groups is 2. The third-order valence-electron chi connectivity index (χ3n) is 4.78. The summed E-state index contributed by atoms with van der Waals surface area (Å²) in [7, 11) is 3.07. The number of methoxy groups -OCH3 is 2. The summed E-state index contributed by atoms with van der Waals surface area (Å²) in [6.45, 7) is 1.83. The summed E-state index contributed by atoms with van der Waals surface area (Å²) >= 11 is 0. The Balaban J connectivity index is 1.80. The number of hydrogen-bond acceptors (Lipinski definition) is 6. The van der Waals surface area contributed by atoms with Gasteiger partial charge in [0, 0.05) is 23.9 Å². The van der Waals surface area contributed by atoms with Gasteiger partial charge in [0.2, 0.25) is 5.78 Å². The summed E-state index contributed by atoms with van der Waals surface area (Å²) in [5.41, 5.74) is 2.85. The van der Waals surface area contributed by atoms with Gasteiger partial charge in [-0.2, -0.15) is 0 Å². The molecule has 1 heterocycles. The molecule has 166 valence electrons. The lowest BCUT2D eigenvalue weighted by atomic mass is 10.1. The molecule has 0 aliphatic carbocycles. The van der Waals surface area contributed by atoms with E-state index in [-0.39, 0.29) is 5.78 Å². The fourth-order valence-corrected chi connectivity index (χ4v) is 3.31. The van der Waals surface area contributed by atoms with Crippen LogP contribution in [0.5, 0.6) is 17.2 Å². The van der Waals surface area contributed by atoms with Crippen LogP contribution in [0.1, 0.15) is 27.2 Å². The van der Waals surface area contributed by atoms with Crippen LogP contribution < -0.4 is 19.3 Å². The predicted octanol–water partition coefficient (Wildman–Crippen LogP) is 2.89. The van der Waals surface area contributed by atoms with E-state index in [2.05, 4.69) is 0 Å². The number of para-hydroxylation sites is 1. The van der Waals surface area contributed by atoms with Crippen molar-refractivity contribution < 1.29 is 28.9 Å². The van der Waals surface area contributed by atoms with Gasteiger partial charge in [-0.1, -0.05) is 24.3 Å². The van der Waals surface area contributed by atoms with Gasteiger partial charge in [-0.3, -0.25) is 4.79 Å². The van der Waals surface area contributed by atoms with Gasteiger partial charge in [-0.05, 0) is 48.9 Å². The number of carboxylic acid groups (broad SMARTS) is 1. The molecule has 0 saturated carbocycles. The van der Waals surface area contributed by atoms with Crippen molar-refractivity contribution in [2.45, 2.75) is 13.5 Å². The number of benzene rings is 2. The third kappa shape index (κ3) is 5.37.